The number of rotatable bonds is 4. The molecular formula is C11H22ClN. The Morgan fingerprint density at radius 2 is 2.23 bits per heavy atom. The van der Waals surface area contributed by atoms with Crippen LogP contribution < -0.4 is 5.32 Å². The van der Waals surface area contributed by atoms with E-state index in [-0.39, 0.29) is 0 Å². The lowest BCUT2D eigenvalue weighted by molar-refractivity contribution is 0.332. The fourth-order valence-corrected chi connectivity index (χ4v) is 2.33. The van der Waals surface area contributed by atoms with Gasteiger partial charge in [0.1, 0.15) is 0 Å². The maximum absolute atomic E-state index is 6.13. The molecule has 1 saturated carbocycles. The molecule has 3 unspecified atom stereocenters. The third kappa shape index (κ3) is 4.33. The molecule has 0 aromatic carbocycles. The summed E-state index contributed by atoms with van der Waals surface area (Å²) in [7, 11) is 0. The predicted molar refractivity (Wildman–Crippen MR) is 59.4 cm³/mol. The second-order valence-corrected chi connectivity index (χ2v) is 4.96. The molecule has 0 aromatic heterocycles. The minimum atomic E-state index is 0.442. The fraction of sp³-hybridized carbons (Fsp3) is 1.00. The summed E-state index contributed by atoms with van der Waals surface area (Å²) in [6.45, 7) is 5.64. The lowest BCUT2D eigenvalue weighted by atomic mass is 9.89. The Morgan fingerprint density at radius 1 is 1.46 bits per heavy atom. The minimum Gasteiger partial charge on any atom is -0.314 e. The Kier molecular flexibility index (Phi) is 5.12. The molecule has 1 fully saturated rings. The molecule has 1 nitrogen and oxygen atoms in total. The van der Waals surface area contributed by atoms with Crippen LogP contribution in [0.5, 0.6) is 0 Å². The summed E-state index contributed by atoms with van der Waals surface area (Å²) in [6.07, 6.45) is 6.34. The van der Waals surface area contributed by atoms with Gasteiger partial charge in [-0.05, 0) is 45.1 Å². The topological polar surface area (TPSA) is 12.0 Å². The van der Waals surface area contributed by atoms with E-state index in [4.69, 9.17) is 11.6 Å². The average molecular weight is 204 g/mol. The van der Waals surface area contributed by atoms with Gasteiger partial charge >= 0.3 is 0 Å². The van der Waals surface area contributed by atoms with E-state index in [0.29, 0.717) is 11.4 Å². The summed E-state index contributed by atoms with van der Waals surface area (Å²) in [5, 5.41) is 4.01. The Hall–Kier alpha value is 0.250. The van der Waals surface area contributed by atoms with Crippen LogP contribution in [0.3, 0.4) is 0 Å². The van der Waals surface area contributed by atoms with Gasteiger partial charge in [-0.3, -0.25) is 0 Å². The first-order chi connectivity index (χ1) is 6.22. The zero-order valence-corrected chi connectivity index (χ0v) is 9.61. The second-order valence-electron chi connectivity index (χ2n) is 4.35. The van der Waals surface area contributed by atoms with E-state index in [9.17, 15) is 0 Å². The monoisotopic (exact) mass is 203 g/mol. The van der Waals surface area contributed by atoms with Crippen LogP contribution >= 0.6 is 11.6 Å². The zero-order valence-electron chi connectivity index (χ0n) is 8.85. The number of hydrogen-bond acceptors (Lipinski definition) is 1. The SMILES string of the molecule is CCC(C)NCC1CCCC(Cl)C1. The summed E-state index contributed by atoms with van der Waals surface area (Å²) in [4.78, 5) is 0. The van der Waals surface area contributed by atoms with Gasteiger partial charge in [-0.15, -0.1) is 11.6 Å². The van der Waals surface area contributed by atoms with Crippen molar-refractivity contribution in [2.24, 2.45) is 5.92 Å². The first kappa shape index (κ1) is 11.3. The summed E-state index contributed by atoms with van der Waals surface area (Å²) < 4.78 is 0. The minimum absolute atomic E-state index is 0.442. The summed E-state index contributed by atoms with van der Waals surface area (Å²) >= 11 is 6.13. The molecule has 0 amide bonds. The summed E-state index contributed by atoms with van der Waals surface area (Å²) in [5.74, 6) is 0.824. The molecule has 1 rings (SSSR count). The van der Waals surface area contributed by atoms with E-state index < -0.39 is 0 Å². The summed E-state index contributed by atoms with van der Waals surface area (Å²) in [5.41, 5.74) is 0. The third-order valence-electron chi connectivity index (χ3n) is 3.09. The highest BCUT2D eigenvalue weighted by Gasteiger charge is 2.19. The van der Waals surface area contributed by atoms with Crippen LogP contribution in [0.1, 0.15) is 46.0 Å². The van der Waals surface area contributed by atoms with Crippen molar-refractivity contribution in [2.45, 2.75) is 57.4 Å². The highest BCUT2D eigenvalue weighted by Crippen LogP contribution is 2.27. The highest BCUT2D eigenvalue weighted by atomic mass is 35.5. The molecule has 1 aliphatic carbocycles. The Labute approximate surface area is 87.2 Å². The smallest absolute Gasteiger partial charge is 0.0339 e. The van der Waals surface area contributed by atoms with Gasteiger partial charge in [0.25, 0.3) is 0 Å². The molecular weight excluding hydrogens is 182 g/mol. The molecule has 0 aliphatic heterocycles. The van der Waals surface area contributed by atoms with E-state index in [1.165, 1.54) is 32.1 Å². The van der Waals surface area contributed by atoms with Gasteiger partial charge < -0.3 is 5.32 Å². The van der Waals surface area contributed by atoms with Crippen LogP contribution in [0.4, 0.5) is 0 Å². The van der Waals surface area contributed by atoms with Crippen LogP contribution in [0.25, 0.3) is 0 Å². The number of halogens is 1. The van der Waals surface area contributed by atoms with E-state index in [1.807, 2.05) is 0 Å². The molecule has 0 radical (unpaired) electrons. The fourth-order valence-electron chi connectivity index (χ4n) is 1.92. The van der Waals surface area contributed by atoms with E-state index in [0.717, 1.165) is 12.5 Å². The molecule has 0 spiro atoms. The molecule has 3 atom stereocenters. The van der Waals surface area contributed by atoms with Gasteiger partial charge in [0.15, 0.2) is 0 Å². The van der Waals surface area contributed by atoms with Crippen molar-refractivity contribution in [1.29, 1.82) is 0 Å². The van der Waals surface area contributed by atoms with Crippen LogP contribution in [-0.4, -0.2) is 18.0 Å². The zero-order chi connectivity index (χ0) is 9.68. The molecule has 13 heavy (non-hydrogen) atoms. The van der Waals surface area contributed by atoms with Crippen LogP contribution in [0.2, 0.25) is 0 Å². The van der Waals surface area contributed by atoms with Crippen molar-refractivity contribution < 1.29 is 0 Å². The molecule has 0 aromatic rings. The molecule has 78 valence electrons. The van der Waals surface area contributed by atoms with Crippen molar-refractivity contribution in [1.82, 2.24) is 5.32 Å². The van der Waals surface area contributed by atoms with Gasteiger partial charge in [0.2, 0.25) is 0 Å². The lowest BCUT2D eigenvalue weighted by Gasteiger charge is -2.26. The van der Waals surface area contributed by atoms with Gasteiger partial charge in [0.05, 0.1) is 0 Å². The van der Waals surface area contributed by atoms with Crippen molar-refractivity contribution in [3.05, 3.63) is 0 Å². The van der Waals surface area contributed by atoms with Crippen molar-refractivity contribution in [3.8, 4) is 0 Å². The van der Waals surface area contributed by atoms with E-state index in [1.54, 1.807) is 0 Å². The largest absolute Gasteiger partial charge is 0.314 e. The Balaban J connectivity index is 2.13. The van der Waals surface area contributed by atoms with Crippen molar-refractivity contribution >= 4 is 11.6 Å². The average Bonchev–Trinajstić information content (AvgIpc) is 2.14. The Bertz CT molecular complexity index is 138. The van der Waals surface area contributed by atoms with Gasteiger partial charge in [-0.2, -0.15) is 0 Å². The van der Waals surface area contributed by atoms with E-state index >= 15 is 0 Å². The molecule has 0 saturated heterocycles. The first-order valence-electron chi connectivity index (χ1n) is 5.59. The standard InChI is InChI=1S/C11H22ClN/c1-3-9(2)13-8-10-5-4-6-11(12)7-10/h9-11,13H,3-8H2,1-2H3. The lowest BCUT2D eigenvalue weighted by Crippen LogP contribution is -2.33. The van der Waals surface area contributed by atoms with Crippen LogP contribution in [0, 0.1) is 5.92 Å². The maximum atomic E-state index is 6.13. The second kappa shape index (κ2) is 5.87. The molecule has 1 N–H and O–H groups in total. The number of nitrogens with one attached hydrogen (secondary N) is 1. The molecule has 2 heteroatoms. The van der Waals surface area contributed by atoms with Crippen molar-refractivity contribution in [2.75, 3.05) is 6.54 Å². The van der Waals surface area contributed by atoms with E-state index in [2.05, 4.69) is 19.2 Å². The van der Waals surface area contributed by atoms with Gasteiger partial charge in [-0.25, -0.2) is 0 Å². The molecule has 1 aliphatic rings. The van der Waals surface area contributed by atoms with Crippen LogP contribution in [-0.2, 0) is 0 Å². The Morgan fingerprint density at radius 3 is 2.85 bits per heavy atom. The summed E-state index contributed by atoms with van der Waals surface area (Å²) in [6, 6.07) is 0.663. The highest BCUT2D eigenvalue weighted by molar-refractivity contribution is 6.20. The molecule has 0 bridgehead atoms. The third-order valence-corrected chi connectivity index (χ3v) is 3.48. The van der Waals surface area contributed by atoms with Crippen molar-refractivity contribution in [3.63, 3.8) is 0 Å². The maximum Gasteiger partial charge on any atom is 0.0339 e. The van der Waals surface area contributed by atoms with Gasteiger partial charge in [0, 0.05) is 11.4 Å². The number of hydrogen-bond donors (Lipinski definition) is 1. The number of alkyl halides is 1. The van der Waals surface area contributed by atoms with Crippen LogP contribution in [0.15, 0.2) is 0 Å². The quantitative estimate of drug-likeness (QED) is 0.693. The first-order valence-corrected chi connectivity index (χ1v) is 6.03. The molecule has 0 heterocycles. The predicted octanol–water partition coefficient (Wildman–Crippen LogP) is 3.17. The van der Waals surface area contributed by atoms with Gasteiger partial charge in [-0.1, -0.05) is 13.3 Å². The normalized spacial score (nSPS) is 31.6.